The lowest BCUT2D eigenvalue weighted by Gasteiger charge is -2.13. The van der Waals surface area contributed by atoms with Crippen molar-refractivity contribution in [3.63, 3.8) is 0 Å². The number of nitriles is 1. The van der Waals surface area contributed by atoms with Crippen LogP contribution in [0.4, 0.5) is 22.0 Å². The molecule has 0 aliphatic heterocycles. The van der Waals surface area contributed by atoms with E-state index in [-0.39, 0.29) is 5.69 Å². The second-order valence-electron chi connectivity index (χ2n) is 3.03. The lowest BCUT2D eigenvalue weighted by Crippen LogP contribution is -2.19. The Labute approximate surface area is 97.8 Å². The Morgan fingerprint density at radius 1 is 1.44 bits per heavy atom. The van der Waals surface area contributed by atoms with Gasteiger partial charge in [-0.3, -0.25) is 0 Å². The molecule has 0 aliphatic carbocycles. The van der Waals surface area contributed by atoms with Crippen LogP contribution in [-0.2, 0) is 6.54 Å². The third-order valence-corrected chi connectivity index (χ3v) is 1.83. The molecule has 98 valence electrons. The summed E-state index contributed by atoms with van der Waals surface area (Å²) in [5.74, 6) is -1.03. The van der Waals surface area contributed by atoms with Gasteiger partial charge in [-0.15, -0.1) is 13.2 Å². The van der Waals surface area contributed by atoms with E-state index in [1.165, 1.54) is 6.07 Å². The first-order valence-electron chi connectivity index (χ1n) is 4.46. The summed E-state index contributed by atoms with van der Waals surface area (Å²) in [6.45, 7) is -0.461. The van der Waals surface area contributed by atoms with Crippen molar-refractivity contribution in [2.45, 2.75) is 19.3 Å². The topological polar surface area (TPSA) is 71.9 Å². The molecule has 18 heavy (non-hydrogen) atoms. The monoisotopic (exact) mass is 267 g/mol. The van der Waals surface area contributed by atoms with E-state index in [0.717, 1.165) is 0 Å². The molecule has 0 aromatic carbocycles. The van der Waals surface area contributed by atoms with E-state index < -0.39 is 36.3 Å². The van der Waals surface area contributed by atoms with E-state index >= 15 is 0 Å². The highest BCUT2D eigenvalue weighted by atomic mass is 19.4. The van der Waals surface area contributed by atoms with Gasteiger partial charge in [-0.05, 0) is 0 Å². The first kappa shape index (κ1) is 14.1. The van der Waals surface area contributed by atoms with Crippen LogP contribution >= 0.6 is 0 Å². The number of aromatic nitrogens is 1. The van der Waals surface area contributed by atoms with Gasteiger partial charge in [0.25, 0.3) is 6.43 Å². The van der Waals surface area contributed by atoms with E-state index in [4.69, 9.17) is 11.0 Å². The molecule has 0 spiro atoms. The van der Waals surface area contributed by atoms with Crippen molar-refractivity contribution in [2.75, 3.05) is 0 Å². The standard InChI is InChI=1S/C9H6F5N3O/c10-8(11)5-1-7(18-9(12,13)14)4(2-15)6(3-16)17-5/h1,8H,3,16H2. The quantitative estimate of drug-likeness (QED) is 0.852. The molecule has 9 heteroatoms. The van der Waals surface area contributed by atoms with Gasteiger partial charge in [-0.2, -0.15) is 5.26 Å². The number of hydrogen-bond donors (Lipinski definition) is 1. The Bertz CT molecular complexity index is 480. The highest BCUT2D eigenvalue weighted by Crippen LogP contribution is 2.31. The van der Waals surface area contributed by atoms with Gasteiger partial charge < -0.3 is 10.5 Å². The summed E-state index contributed by atoms with van der Waals surface area (Å²) in [6, 6.07) is 1.76. The Hall–Kier alpha value is -1.95. The van der Waals surface area contributed by atoms with E-state index in [1.807, 2.05) is 0 Å². The summed E-state index contributed by atoms with van der Waals surface area (Å²) in [6.07, 6.45) is -8.20. The number of rotatable bonds is 3. The first-order chi connectivity index (χ1) is 8.28. The van der Waals surface area contributed by atoms with E-state index in [2.05, 4.69) is 9.72 Å². The van der Waals surface area contributed by atoms with Gasteiger partial charge in [0, 0.05) is 12.6 Å². The Kier molecular flexibility index (Phi) is 4.03. The van der Waals surface area contributed by atoms with Gasteiger partial charge in [-0.1, -0.05) is 0 Å². The number of alkyl halides is 5. The van der Waals surface area contributed by atoms with Crippen molar-refractivity contribution >= 4 is 0 Å². The maximum Gasteiger partial charge on any atom is 0.573 e. The van der Waals surface area contributed by atoms with Crippen molar-refractivity contribution in [3.05, 3.63) is 23.0 Å². The summed E-state index contributed by atoms with van der Waals surface area (Å²) >= 11 is 0. The molecule has 0 saturated heterocycles. The van der Waals surface area contributed by atoms with Gasteiger partial charge in [0.05, 0.1) is 5.69 Å². The predicted octanol–water partition coefficient (Wildman–Crippen LogP) is 2.25. The molecule has 0 bridgehead atoms. The van der Waals surface area contributed by atoms with Gasteiger partial charge in [0.2, 0.25) is 0 Å². The van der Waals surface area contributed by atoms with Gasteiger partial charge in [0.15, 0.2) is 5.75 Å². The molecule has 4 nitrogen and oxygen atoms in total. The van der Waals surface area contributed by atoms with Crippen molar-refractivity contribution in [1.82, 2.24) is 4.98 Å². The fourth-order valence-corrected chi connectivity index (χ4v) is 1.18. The molecular weight excluding hydrogens is 261 g/mol. The number of hydrogen-bond acceptors (Lipinski definition) is 4. The zero-order valence-electron chi connectivity index (χ0n) is 8.63. The Morgan fingerprint density at radius 3 is 2.44 bits per heavy atom. The molecular formula is C9H6F5N3O. The van der Waals surface area contributed by atoms with Crippen LogP contribution in [0, 0.1) is 11.3 Å². The zero-order valence-corrected chi connectivity index (χ0v) is 8.63. The minimum Gasteiger partial charge on any atom is -0.404 e. The normalized spacial score (nSPS) is 11.4. The van der Waals surface area contributed by atoms with Crippen LogP contribution in [0.25, 0.3) is 0 Å². The largest absolute Gasteiger partial charge is 0.573 e. The summed E-state index contributed by atoms with van der Waals surface area (Å²) in [5, 5.41) is 8.68. The number of nitrogens with zero attached hydrogens (tertiary/aromatic N) is 2. The average molecular weight is 267 g/mol. The van der Waals surface area contributed by atoms with Crippen LogP contribution < -0.4 is 10.5 Å². The van der Waals surface area contributed by atoms with Crippen LogP contribution in [0.2, 0.25) is 0 Å². The Balaban J connectivity index is 3.37. The number of ether oxygens (including phenoxy) is 1. The highest BCUT2D eigenvalue weighted by Gasteiger charge is 2.33. The van der Waals surface area contributed by atoms with Crippen molar-refractivity contribution in [2.24, 2.45) is 5.73 Å². The lowest BCUT2D eigenvalue weighted by atomic mass is 10.1. The summed E-state index contributed by atoms with van der Waals surface area (Å²) in [7, 11) is 0. The smallest absolute Gasteiger partial charge is 0.404 e. The molecule has 1 heterocycles. The molecule has 0 amide bonds. The summed E-state index contributed by atoms with van der Waals surface area (Å²) < 4.78 is 64.5. The van der Waals surface area contributed by atoms with Crippen LogP contribution in [0.5, 0.6) is 5.75 Å². The van der Waals surface area contributed by atoms with Crippen LogP contribution in [0.15, 0.2) is 6.07 Å². The van der Waals surface area contributed by atoms with Gasteiger partial charge in [-0.25, -0.2) is 13.8 Å². The predicted molar refractivity (Wildman–Crippen MR) is 48.5 cm³/mol. The molecule has 2 N–H and O–H groups in total. The SMILES string of the molecule is N#Cc1c(OC(F)(F)F)cc(C(F)F)nc1CN. The molecule has 0 atom stereocenters. The highest BCUT2D eigenvalue weighted by molar-refractivity contribution is 5.47. The van der Waals surface area contributed by atoms with E-state index in [9.17, 15) is 22.0 Å². The number of nitrogens with two attached hydrogens (primary N) is 1. The molecule has 1 rings (SSSR count). The number of pyridine rings is 1. The van der Waals surface area contributed by atoms with E-state index in [1.54, 1.807) is 0 Å². The fourth-order valence-electron chi connectivity index (χ4n) is 1.18. The molecule has 0 fully saturated rings. The lowest BCUT2D eigenvalue weighted by molar-refractivity contribution is -0.274. The van der Waals surface area contributed by atoms with Gasteiger partial charge in [0.1, 0.15) is 17.3 Å². The fraction of sp³-hybridized carbons (Fsp3) is 0.333. The second kappa shape index (κ2) is 5.14. The third-order valence-electron chi connectivity index (χ3n) is 1.83. The zero-order chi connectivity index (χ0) is 13.9. The maximum atomic E-state index is 12.4. The maximum absolute atomic E-state index is 12.4. The van der Waals surface area contributed by atoms with Gasteiger partial charge >= 0.3 is 6.36 Å². The molecule has 0 saturated carbocycles. The van der Waals surface area contributed by atoms with E-state index in [0.29, 0.717) is 6.07 Å². The average Bonchev–Trinajstić information content (AvgIpc) is 2.25. The third kappa shape index (κ3) is 3.27. The summed E-state index contributed by atoms with van der Waals surface area (Å²) in [4.78, 5) is 3.31. The summed E-state index contributed by atoms with van der Waals surface area (Å²) in [5.41, 5.74) is 3.20. The van der Waals surface area contributed by atoms with Crippen molar-refractivity contribution in [1.29, 1.82) is 5.26 Å². The minimum atomic E-state index is -5.10. The minimum absolute atomic E-state index is 0.371. The van der Waals surface area contributed by atoms with Crippen LogP contribution in [-0.4, -0.2) is 11.3 Å². The van der Waals surface area contributed by atoms with Crippen molar-refractivity contribution < 1.29 is 26.7 Å². The second-order valence-corrected chi connectivity index (χ2v) is 3.03. The van der Waals surface area contributed by atoms with Crippen molar-refractivity contribution in [3.8, 4) is 11.8 Å². The van der Waals surface area contributed by atoms with Crippen LogP contribution in [0.3, 0.4) is 0 Å². The number of halogens is 5. The molecule has 0 unspecified atom stereocenters. The van der Waals surface area contributed by atoms with Crippen LogP contribution in [0.1, 0.15) is 23.4 Å². The first-order valence-corrected chi connectivity index (χ1v) is 4.46. The molecule has 0 aliphatic rings. The molecule has 1 aromatic rings. The Morgan fingerprint density at radius 2 is 2.06 bits per heavy atom. The molecule has 1 aromatic heterocycles. The molecule has 0 radical (unpaired) electrons.